The Hall–Kier alpha value is -0.860. The standard InChI is InChI=1S/C12H20N2/c1-11(2,3)12(4,14-13)10-8-6-5-7-9-10/h5-9,14H,13H2,1-4H3. The molecule has 0 aliphatic rings. The minimum atomic E-state index is -0.200. The van der Waals surface area contributed by atoms with Gasteiger partial charge < -0.3 is 0 Å². The van der Waals surface area contributed by atoms with Crippen LogP contribution in [-0.4, -0.2) is 0 Å². The molecular weight excluding hydrogens is 172 g/mol. The summed E-state index contributed by atoms with van der Waals surface area (Å²) in [5, 5.41) is 0. The zero-order valence-corrected chi connectivity index (χ0v) is 9.46. The summed E-state index contributed by atoms with van der Waals surface area (Å²) in [7, 11) is 0. The van der Waals surface area contributed by atoms with Crippen molar-refractivity contribution in [3.8, 4) is 0 Å². The van der Waals surface area contributed by atoms with Crippen LogP contribution in [0.15, 0.2) is 30.3 Å². The lowest BCUT2D eigenvalue weighted by Crippen LogP contribution is -2.53. The number of hydrogen-bond acceptors (Lipinski definition) is 2. The van der Waals surface area contributed by atoms with Crippen molar-refractivity contribution in [1.29, 1.82) is 0 Å². The number of rotatable bonds is 2. The molecule has 1 aromatic rings. The molecule has 3 N–H and O–H groups in total. The van der Waals surface area contributed by atoms with E-state index < -0.39 is 0 Å². The lowest BCUT2D eigenvalue weighted by Gasteiger charge is -2.42. The minimum Gasteiger partial charge on any atom is -0.271 e. The Labute approximate surface area is 86.5 Å². The number of hydrogen-bond donors (Lipinski definition) is 2. The Morgan fingerprint density at radius 3 is 1.86 bits per heavy atom. The third kappa shape index (κ3) is 1.81. The highest BCUT2D eigenvalue weighted by Crippen LogP contribution is 2.37. The quantitative estimate of drug-likeness (QED) is 0.558. The van der Waals surface area contributed by atoms with Gasteiger partial charge in [-0.2, -0.15) is 0 Å². The molecule has 1 aromatic carbocycles. The lowest BCUT2D eigenvalue weighted by molar-refractivity contribution is 0.157. The molecule has 0 saturated heterocycles. The molecule has 1 atom stereocenters. The van der Waals surface area contributed by atoms with E-state index in [-0.39, 0.29) is 11.0 Å². The van der Waals surface area contributed by atoms with Crippen molar-refractivity contribution in [3.63, 3.8) is 0 Å². The monoisotopic (exact) mass is 192 g/mol. The van der Waals surface area contributed by atoms with E-state index in [1.54, 1.807) is 0 Å². The molecule has 0 aliphatic heterocycles. The second-order valence-corrected chi connectivity index (χ2v) is 4.89. The molecule has 0 aliphatic carbocycles. The van der Waals surface area contributed by atoms with Crippen LogP contribution in [0.5, 0.6) is 0 Å². The zero-order valence-electron chi connectivity index (χ0n) is 9.46. The van der Waals surface area contributed by atoms with Gasteiger partial charge in [0.25, 0.3) is 0 Å². The van der Waals surface area contributed by atoms with Crippen molar-refractivity contribution in [2.24, 2.45) is 11.3 Å². The number of nitrogens with one attached hydrogen (secondary N) is 1. The largest absolute Gasteiger partial charge is 0.271 e. The molecule has 2 nitrogen and oxygen atoms in total. The van der Waals surface area contributed by atoms with Gasteiger partial charge in [-0.05, 0) is 17.9 Å². The number of benzene rings is 1. The van der Waals surface area contributed by atoms with Gasteiger partial charge in [0.05, 0.1) is 5.54 Å². The third-order valence-corrected chi connectivity index (χ3v) is 3.14. The Morgan fingerprint density at radius 2 is 1.50 bits per heavy atom. The van der Waals surface area contributed by atoms with Gasteiger partial charge >= 0.3 is 0 Å². The topological polar surface area (TPSA) is 38.0 Å². The molecule has 0 saturated carbocycles. The van der Waals surface area contributed by atoms with Crippen molar-refractivity contribution in [1.82, 2.24) is 5.43 Å². The van der Waals surface area contributed by atoms with E-state index in [0.29, 0.717) is 0 Å². The molecule has 1 unspecified atom stereocenters. The maximum Gasteiger partial charge on any atom is 0.0589 e. The Kier molecular flexibility index (Phi) is 2.98. The van der Waals surface area contributed by atoms with Gasteiger partial charge in [-0.1, -0.05) is 51.1 Å². The molecule has 2 heteroatoms. The molecule has 78 valence electrons. The predicted octanol–water partition coefficient (Wildman–Crippen LogP) is 2.41. The first-order valence-corrected chi connectivity index (χ1v) is 4.95. The van der Waals surface area contributed by atoms with Crippen molar-refractivity contribution < 1.29 is 0 Å². The highest BCUT2D eigenvalue weighted by molar-refractivity contribution is 5.25. The van der Waals surface area contributed by atoms with Crippen molar-refractivity contribution in [3.05, 3.63) is 35.9 Å². The SMILES string of the molecule is CC(C)(C)C(C)(NN)c1ccccc1. The van der Waals surface area contributed by atoms with Crippen molar-refractivity contribution >= 4 is 0 Å². The molecule has 0 bridgehead atoms. The molecule has 0 fully saturated rings. The zero-order chi connectivity index (χ0) is 10.8. The Morgan fingerprint density at radius 1 is 1.00 bits per heavy atom. The molecule has 1 rings (SSSR count). The van der Waals surface area contributed by atoms with Crippen LogP contribution in [-0.2, 0) is 5.54 Å². The van der Waals surface area contributed by atoms with E-state index in [4.69, 9.17) is 5.84 Å². The van der Waals surface area contributed by atoms with E-state index in [9.17, 15) is 0 Å². The fourth-order valence-corrected chi connectivity index (χ4v) is 1.50. The average Bonchev–Trinajstić information content (AvgIpc) is 2.16. The summed E-state index contributed by atoms with van der Waals surface area (Å²) < 4.78 is 0. The minimum absolute atomic E-state index is 0.0725. The first-order valence-electron chi connectivity index (χ1n) is 4.95. The number of hydrazine groups is 1. The van der Waals surface area contributed by atoms with E-state index in [2.05, 4.69) is 45.3 Å². The fourth-order valence-electron chi connectivity index (χ4n) is 1.50. The van der Waals surface area contributed by atoms with Crippen LogP contribution in [0.1, 0.15) is 33.3 Å². The lowest BCUT2D eigenvalue weighted by atomic mass is 9.71. The summed E-state index contributed by atoms with van der Waals surface area (Å²) in [5.41, 5.74) is 4.02. The smallest absolute Gasteiger partial charge is 0.0589 e. The van der Waals surface area contributed by atoms with Gasteiger partial charge in [-0.25, -0.2) is 5.43 Å². The highest BCUT2D eigenvalue weighted by atomic mass is 15.3. The van der Waals surface area contributed by atoms with Crippen LogP contribution in [0.25, 0.3) is 0 Å². The second-order valence-electron chi connectivity index (χ2n) is 4.89. The molecular formula is C12H20N2. The van der Waals surface area contributed by atoms with Gasteiger partial charge in [0.1, 0.15) is 0 Å². The summed E-state index contributed by atoms with van der Waals surface area (Å²) in [5.74, 6) is 5.68. The summed E-state index contributed by atoms with van der Waals surface area (Å²) in [6.45, 7) is 8.67. The van der Waals surface area contributed by atoms with Crippen LogP contribution >= 0.6 is 0 Å². The maximum absolute atomic E-state index is 5.68. The summed E-state index contributed by atoms with van der Waals surface area (Å²) in [6.07, 6.45) is 0. The van der Waals surface area contributed by atoms with E-state index in [1.165, 1.54) is 5.56 Å². The molecule has 0 heterocycles. The average molecular weight is 192 g/mol. The maximum atomic E-state index is 5.68. The Bertz CT molecular complexity index is 287. The molecule has 0 amide bonds. The van der Waals surface area contributed by atoms with E-state index in [0.717, 1.165) is 0 Å². The fraction of sp³-hybridized carbons (Fsp3) is 0.500. The van der Waals surface area contributed by atoms with Crippen molar-refractivity contribution in [2.75, 3.05) is 0 Å². The van der Waals surface area contributed by atoms with Gasteiger partial charge in [0.15, 0.2) is 0 Å². The summed E-state index contributed by atoms with van der Waals surface area (Å²) >= 11 is 0. The van der Waals surface area contributed by atoms with Gasteiger partial charge in [-0.15, -0.1) is 0 Å². The van der Waals surface area contributed by atoms with E-state index in [1.807, 2.05) is 18.2 Å². The Balaban J connectivity index is 3.15. The van der Waals surface area contributed by atoms with Gasteiger partial charge in [-0.3, -0.25) is 5.84 Å². The summed E-state index contributed by atoms with van der Waals surface area (Å²) in [6, 6.07) is 10.3. The normalized spacial score (nSPS) is 16.4. The number of nitrogens with two attached hydrogens (primary N) is 1. The first-order chi connectivity index (χ1) is 6.42. The van der Waals surface area contributed by atoms with Crippen molar-refractivity contribution in [2.45, 2.75) is 33.2 Å². The van der Waals surface area contributed by atoms with Crippen LogP contribution in [0, 0.1) is 5.41 Å². The van der Waals surface area contributed by atoms with Crippen LogP contribution in [0.2, 0.25) is 0 Å². The third-order valence-electron chi connectivity index (χ3n) is 3.14. The van der Waals surface area contributed by atoms with Gasteiger partial charge in [0, 0.05) is 0 Å². The first kappa shape index (κ1) is 11.2. The van der Waals surface area contributed by atoms with Crippen LogP contribution in [0.4, 0.5) is 0 Å². The molecule has 0 radical (unpaired) electrons. The van der Waals surface area contributed by atoms with Crippen LogP contribution in [0.3, 0.4) is 0 Å². The molecule has 0 aromatic heterocycles. The van der Waals surface area contributed by atoms with E-state index >= 15 is 0 Å². The van der Waals surface area contributed by atoms with Gasteiger partial charge in [0.2, 0.25) is 0 Å². The summed E-state index contributed by atoms with van der Waals surface area (Å²) in [4.78, 5) is 0. The molecule has 14 heavy (non-hydrogen) atoms. The second kappa shape index (κ2) is 3.71. The highest BCUT2D eigenvalue weighted by Gasteiger charge is 2.37. The predicted molar refractivity (Wildman–Crippen MR) is 60.6 cm³/mol. The van der Waals surface area contributed by atoms with Crippen LogP contribution < -0.4 is 11.3 Å². The molecule has 0 spiro atoms.